The van der Waals surface area contributed by atoms with Gasteiger partial charge in [0.1, 0.15) is 17.2 Å². The van der Waals surface area contributed by atoms with Crippen molar-refractivity contribution in [3.8, 4) is 11.5 Å². The van der Waals surface area contributed by atoms with Gasteiger partial charge in [-0.15, -0.1) is 4.91 Å². The smallest absolute Gasteiger partial charge is 0.135 e. The lowest BCUT2D eigenvalue weighted by Gasteiger charge is -2.22. The van der Waals surface area contributed by atoms with Gasteiger partial charge >= 0.3 is 0 Å². The topological polar surface area (TPSA) is 89.4 Å². The van der Waals surface area contributed by atoms with Gasteiger partial charge in [-0.3, -0.25) is 10.7 Å². The van der Waals surface area contributed by atoms with E-state index < -0.39 is 0 Å². The number of hydrogen-bond donors (Lipinski definition) is 2. The number of rotatable bonds is 8. The molecule has 1 atom stereocenters. The summed E-state index contributed by atoms with van der Waals surface area (Å²) in [5.41, 5.74) is 4.60. The number of fused-ring (bicyclic) bond motifs is 1. The zero-order chi connectivity index (χ0) is 19.3. The maximum atomic E-state index is 11.4. The number of hydrogen-bond acceptors (Lipinski definition) is 7. The number of benzene rings is 2. The van der Waals surface area contributed by atoms with Crippen LogP contribution < -0.4 is 15.0 Å². The van der Waals surface area contributed by atoms with E-state index in [2.05, 4.69) is 16.7 Å². The number of nitrogens with zero attached hydrogens (tertiary/aromatic N) is 1. The van der Waals surface area contributed by atoms with Crippen LogP contribution in [0.3, 0.4) is 0 Å². The molecule has 0 saturated heterocycles. The van der Waals surface area contributed by atoms with E-state index in [1.807, 2.05) is 13.8 Å². The highest BCUT2D eigenvalue weighted by molar-refractivity contribution is 6.08. The van der Waals surface area contributed by atoms with E-state index in [-0.39, 0.29) is 11.8 Å². The first-order chi connectivity index (χ1) is 12.5. The van der Waals surface area contributed by atoms with Crippen LogP contribution in [0.5, 0.6) is 11.5 Å². The Labute approximate surface area is 152 Å². The van der Waals surface area contributed by atoms with Crippen LogP contribution in [0.15, 0.2) is 35.0 Å². The summed E-state index contributed by atoms with van der Waals surface area (Å²) in [5.74, 6) is 0.929. The first-order valence-corrected chi connectivity index (χ1v) is 8.13. The Kier molecular flexibility index (Phi) is 6.54. The van der Waals surface area contributed by atoms with Gasteiger partial charge in [0.2, 0.25) is 0 Å². The van der Waals surface area contributed by atoms with Crippen LogP contribution in [0, 0.1) is 4.91 Å². The lowest BCUT2D eigenvalue weighted by Crippen LogP contribution is -2.06. The van der Waals surface area contributed by atoms with Gasteiger partial charge < -0.3 is 14.2 Å². The molecule has 0 heterocycles. The molecule has 2 aromatic carbocycles. The predicted octanol–water partition coefficient (Wildman–Crippen LogP) is 5.10. The first kappa shape index (κ1) is 19.7. The van der Waals surface area contributed by atoms with Crippen LogP contribution in [-0.4, -0.2) is 26.5 Å². The van der Waals surface area contributed by atoms with E-state index in [0.717, 1.165) is 5.56 Å². The van der Waals surface area contributed by atoms with E-state index in [0.29, 0.717) is 34.4 Å². The molecule has 26 heavy (non-hydrogen) atoms. The second-order valence-corrected chi connectivity index (χ2v) is 6.03. The van der Waals surface area contributed by atoms with Crippen molar-refractivity contribution in [1.29, 1.82) is 0 Å². The first-order valence-electron chi connectivity index (χ1n) is 8.13. The highest BCUT2D eigenvalue weighted by Crippen LogP contribution is 2.47. The number of nitrogens with one attached hydrogen (secondary N) is 1. The molecule has 140 valence electrons. The lowest BCUT2D eigenvalue weighted by atomic mass is 9.96. The molecular weight excluding hydrogens is 336 g/mol. The van der Waals surface area contributed by atoms with E-state index >= 15 is 0 Å². The van der Waals surface area contributed by atoms with E-state index in [1.165, 1.54) is 25.9 Å². The minimum absolute atomic E-state index is 0.188. The quantitative estimate of drug-likeness (QED) is 0.387. The molecule has 0 fully saturated rings. The molecule has 0 aliphatic rings. The van der Waals surface area contributed by atoms with Gasteiger partial charge in [-0.05, 0) is 43.6 Å². The highest BCUT2D eigenvalue weighted by atomic mass is 16.5. The van der Waals surface area contributed by atoms with Crippen molar-refractivity contribution < 1.29 is 19.4 Å². The summed E-state index contributed by atoms with van der Waals surface area (Å²) in [5, 5.41) is 13.5. The van der Waals surface area contributed by atoms with Gasteiger partial charge in [-0.2, -0.15) is 0 Å². The molecular formula is C19H24N2O5. The third-order valence-corrected chi connectivity index (χ3v) is 4.22. The van der Waals surface area contributed by atoms with E-state index in [1.54, 1.807) is 19.2 Å². The molecule has 0 spiro atoms. The van der Waals surface area contributed by atoms with Crippen molar-refractivity contribution in [2.24, 2.45) is 5.18 Å². The van der Waals surface area contributed by atoms with Gasteiger partial charge in [0.15, 0.2) is 0 Å². The average molecular weight is 360 g/mol. The summed E-state index contributed by atoms with van der Waals surface area (Å²) in [6.07, 6.45) is 2.39. The average Bonchev–Trinajstić information content (AvgIpc) is 2.66. The standard InChI is InChI=1S/C19H24N2O5/c1-11(2)6-9-15(24-3)12-10-16(25-4)17-13(20-22)7-8-14(21-23)18(17)19(12)26-5/h6-8,10,15,20,22H,9H2,1-5H3/t15-/m0/s1. The van der Waals surface area contributed by atoms with Crippen molar-refractivity contribution >= 4 is 22.1 Å². The molecule has 0 radical (unpaired) electrons. The van der Waals surface area contributed by atoms with Gasteiger partial charge in [-0.1, -0.05) is 11.6 Å². The second-order valence-electron chi connectivity index (χ2n) is 6.03. The largest absolute Gasteiger partial charge is 0.496 e. The molecule has 2 N–H and O–H groups in total. The lowest BCUT2D eigenvalue weighted by molar-refractivity contribution is 0.103. The molecule has 0 saturated carbocycles. The second kappa shape index (κ2) is 8.64. The van der Waals surface area contributed by atoms with Crippen molar-refractivity contribution in [1.82, 2.24) is 0 Å². The zero-order valence-electron chi connectivity index (χ0n) is 15.6. The van der Waals surface area contributed by atoms with Crippen LogP contribution >= 0.6 is 0 Å². The summed E-state index contributed by atoms with van der Waals surface area (Å²) in [6, 6.07) is 4.86. The van der Waals surface area contributed by atoms with Crippen molar-refractivity contribution in [2.75, 3.05) is 26.8 Å². The minimum atomic E-state index is -0.302. The van der Waals surface area contributed by atoms with Crippen molar-refractivity contribution in [3.63, 3.8) is 0 Å². The van der Waals surface area contributed by atoms with Crippen LogP contribution in [0.1, 0.15) is 31.9 Å². The Bertz CT molecular complexity index is 829. The zero-order valence-corrected chi connectivity index (χ0v) is 15.6. The molecule has 0 aliphatic heterocycles. The van der Waals surface area contributed by atoms with Crippen LogP contribution in [0.4, 0.5) is 11.4 Å². The predicted molar refractivity (Wildman–Crippen MR) is 102 cm³/mol. The van der Waals surface area contributed by atoms with Crippen molar-refractivity contribution in [3.05, 3.63) is 40.3 Å². The summed E-state index contributed by atoms with van der Waals surface area (Å²) in [7, 11) is 4.65. The Morgan fingerprint density at radius 1 is 1.23 bits per heavy atom. The third-order valence-electron chi connectivity index (χ3n) is 4.22. The number of nitroso groups, excluding NO2 is 1. The van der Waals surface area contributed by atoms with Crippen LogP contribution in [0.25, 0.3) is 10.8 Å². The SMILES string of the molecule is COc1cc([C@H](CC=C(C)C)OC)c(OC)c2c(N=O)ccc(NO)c12. The van der Waals surface area contributed by atoms with Crippen LogP contribution in [-0.2, 0) is 4.74 Å². The molecule has 0 aliphatic carbocycles. The molecule has 2 aromatic rings. The van der Waals surface area contributed by atoms with E-state index in [4.69, 9.17) is 14.2 Å². The Balaban J connectivity index is 2.88. The Hall–Kier alpha value is -2.64. The molecule has 0 aromatic heterocycles. The number of allylic oxidation sites excluding steroid dienone is 1. The minimum Gasteiger partial charge on any atom is -0.496 e. The summed E-state index contributed by atoms with van der Waals surface area (Å²) in [6.45, 7) is 4.02. The fourth-order valence-corrected chi connectivity index (χ4v) is 2.98. The molecule has 0 amide bonds. The van der Waals surface area contributed by atoms with Crippen LogP contribution in [0.2, 0.25) is 0 Å². The summed E-state index contributed by atoms with van der Waals surface area (Å²) >= 11 is 0. The van der Waals surface area contributed by atoms with Gasteiger partial charge in [-0.25, -0.2) is 0 Å². The van der Waals surface area contributed by atoms with Gasteiger partial charge in [0.05, 0.1) is 36.8 Å². The maximum absolute atomic E-state index is 11.4. The molecule has 0 bridgehead atoms. The monoisotopic (exact) mass is 360 g/mol. The molecule has 2 rings (SSSR count). The van der Waals surface area contributed by atoms with Crippen molar-refractivity contribution in [2.45, 2.75) is 26.4 Å². The number of ether oxygens (including phenoxy) is 3. The Morgan fingerprint density at radius 2 is 1.96 bits per heavy atom. The molecule has 0 unspecified atom stereocenters. The van der Waals surface area contributed by atoms with Gasteiger partial charge in [0, 0.05) is 12.7 Å². The summed E-state index contributed by atoms with van der Waals surface area (Å²) in [4.78, 5) is 11.4. The fraction of sp³-hybridized carbons (Fsp3) is 0.368. The fourth-order valence-electron chi connectivity index (χ4n) is 2.98. The third kappa shape index (κ3) is 3.63. The van der Waals surface area contributed by atoms with E-state index in [9.17, 15) is 10.1 Å². The van der Waals surface area contributed by atoms with Gasteiger partial charge in [0.25, 0.3) is 0 Å². The normalized spacial score (nSPS) is 11.8. The number of anilines is 1. The maximum Gasteiger partial charge on any atom is 0.135 e. The molecule has 7 heteroatoms. The Morgan fingerprint density at radius 3 is 2.46 bits per heavy atom. The summed E-state index contributed by atoms with van der Waals surface area (Å²) < 4.78 is 16.8. The molecule has 7 nitrogen and oxygen atoms in total. The highest BCUT2D eigenvalue weighted by Gasteiger charge is 2.24. The number of methoxy groups -OCH3 is 3.